The summed E-state index contributed by atoms with van der Waals surface area (Å²) in [5.41, 5.74) is 2.52. The normalized spacial score (nSPS) is 12.0. The van der Waals surface area contributed by atoms with Crippen molar-refractivity contribution in [3.63, 3.8) is 0 Å². The lowest BCUT2D eigenvalue weighted by Gasteiger charge is -2.17. The molecule has 2 heterocycles. The molecule has 1 aromatic carbocycles. The van der Waals surface area contributed by atoms with E-state index in [4.69, 9.17) is 4.79 Å². The molecule has 2 aromatic rings. The average molecular weight is 323 g/mol. The van der Waals surface area contributed by atoms with Gasteiger partial charge in [-0.15, -0.1) is 24.0 Å². The van der Waals surface area contributed by atoms with Crippen molar-refractivity contribution in [1.29, 1.82) is 0 Å². The Balaban J connectivity index is 0.000000510. The average Bonchev–Trinajstić information content (AvgIpc) is 3.14. The minimum Gasteiger partial charge on any atom is -0.352 e. The molecule has 0 atom stereocenters. The first-order chi connectivity index (χ1) is 10.3. The third kappa shape index (κ3) is 3.77. The van der Waals surface area contributed by atoms with E-state index in [0.717, 1.165) is 23.4 Å². The number of nitrogens with zero attached hydrogens (tertiary/aromatic N) is 3. The molecule has 4 nitrogen and oxygen atoms in total. The lowest BCUT2D eigenvalue weighted by Crippen LogP contribution is -2.27. The minimum absolute atomic E-state index is 0.789. The number of hydrogen-bond acceptors (Lipinski definition) is 6. The van der Waals surface area contributed by atoms with Gasteiger partial charge in [0.2, 0.25) is 0 Å². The zero-order valence-corrected chi connectivity index (χ0v) is 14.3. The van der Waals surface area contributed by atoms with E-state index >= 15 is 0 Å². The highest BCUT2D eigenvalue weighted by Gasteiger charge is 2.26. The summed E-state index contributed by atoms with van der Waals surface area (Å²) in [5, 5.41) is 3.77. The van der Waals surface area contributed by atoms with Gasteiger partial charge in [0.25, 0.3) is 0 Å². The van der Waals surface area contributed by atoms with E-state index in [9.17, 15) is 0 Å². The first kappa shape index (κ1) is 17.5. The van der Waals surface area contributed by atoms with Crippen molar-refractivity contribution >= 4 is 47.3 Å². The number of hydrogen-bond donors (Lipinski definition) is 1. The second-order valence-corrected chi connectivity index (χ2v) is 5.20. The fourth-order valence-electron chi connectivity index (χ4n) is 2.10. The topological polar surface area (TPSA) is 36.4 Å². The van der Waals surface area contributed by atoms with Crippen molar-refractivity contribution in [3.8, 4) is 0 Å². The van der Waals surface area contributed by atoms with Crippen molar-refractivity contribution in [2.45, 2.75) is 25.8 Å². The molecule has 1 aromatic heterocycles. The number of thiol groups is 1. The van der Waals surface area contributed by atoms with Crippen molar-refractivity contribution in [1.82, 2.24) is 4.98 Å². The molecule has 0 N–H and O–H groups in total. The molecule has 0 amide bonds. The smallest absolute Gasteiger partial charge is 0.192 e. The summed E-state index contributed by atoms with van der Waals surface area (Å²) in [5.74, 6) is 0. The van der Waals surface area contributed by atoms with Crippen LogP contribution in [0.2, 0.25) is 0 Å². The Bertz CT molecular complexity index is 559. The first-order valence-corrected chi connectivity index (χ1v) is 8.17. The number of carbonyl (C=O) groups excluding carboxylic acids is 1. The van der Waals surface area contributed by atoms with E-state index in [0.29, 0.717) is 0 Å². The summed E-state index contributed by atoms with van der Waals surface area (Å²) in [6.07, 6.45) is 0. The maximum Gasteiger partial charge on any atom is 0.192 e. The zero-order chi connectivity index (χ0) is 15.8. The van der Waals surface area contributed by atoms with Crippen LogP contribution < -0.4 is 9.80 Å². The highest BCUT2D eigenvalue weighted by atomic mass is 32.1. The standard InChI is InChI=1S/C12H13N3S2.C2H6.CH2O/c1-2-14-8-15(12-13-11(16)7-17-12)10-6-4-3-5-9(10)14;2*1-2/h3-7,16H,2,8H2,1H3;1-2H3;1H2. The summed E-state index contributed by atoms with van der Waals surface area (Å²) in [4.78, 5) is 17.0. The van der Waals surface area contributed by atoms with E-state index in [1.165, 1.54) is 11.4 Å². The maximum absolute atomic E-state index is 8.00. The number of fused-ring (bicyclic) bond motifs is 1. The molecule has 114 valence electrons. The SMILES string of the molecule is C=O.CC.CCN1CN(c2nc(S)cs2)c2ccccc21. The molecule has 0 radical (unpaired) electrons. The zero-order valence-electron chi connectivity index (χ0n) is 12.6. The van der Waals surface area contributed by atoms with Crippen molar-refractivity contribution in [2.75, 3.05) is 23.0 Å². The third-order valence-corrected chi connectivity index (χ3v) is 4.19. The molecule has 3 rings (SSSR count). The van der Waals surface area contributed by atoms with Gasteiger partial charge in [-0.2, -0.15) is 0 Å². The van der Waals surface area contributed by atoms with Gasteiger partial charge in [-0.3, -0.25) is 4.90 Å². The minimum atomic E-state index is 0.789. The number of para-hydroxylation sites is 2. The van der Waals surface area contributed by atoms with E-state index in [1.807, 2.05) is 26.0 Å². The van der Waals surface area contributed by atoms with Crippen LogP contribution in [0.5, 0.6) is 0 Å². The number of thiazole rings is 1. The number of aromatic nitrogens is 1. The highest BCUT2D eigenvalue weighted by molar-refractivity contribution is 7.80. The van der Waals surface area contributed by atoms with Gasteiger partial charge in [-0.25, -0.2) is 4.98 Å². The third-order valence-electron chi connectivity index (χ3n) is 2.92. The van der Waals surface area contributed by atoms with Crippen LogP contribution in [0.25, 0.3) is 0 Å². The molecule has 6 heteroatoms. The summed E-state index contributed by atoms with van der Waals surface area (Å²) >= 11 is 5.91. The Labute approximate surface area is 135 Å². The number of carbonyl (C=O) groups is 1. The van der Waals surface area contributed by atoms with Gasteiger partial charge in [0.05, 0.1) is 18.0 Å². The Kier molecular flexibility index (Phi) is 7.25. The lowest BCUT2D eigenvalue weighted by molar-refractivity contribution is -0.0979. The van der Waals surface area contributed by atoms with Gasteiger partial charge in [0.15, 0.2) is 5.13 Å². The molecule has 0 fully saturated rings. The second kappa shape index (κ2) is 8.69. The molecule has 0 unspecified atom stereocenters. The molecule has 0 aliphatic carbocycles. The van der Waals surface area contributed by atoms with Gasteiger partial charge < -0.3 is 9.69 Å². The van der Waals surface area contributed by atoms with Crippen LogP contribution in [-0.2, 0) is 4.79 Å². The summed E-state index contributed by atoms with van der Waals surface area (Å²) < 4.78 is 0. The predicted octanol–water partition coefficient (Wildman–Crippen LogP) is 4.21. The monoisotopic (exact) mass is 323 g/mol. The lowest BCUT2D eigenvalue weighted by atomic mass is 10.2. The van der Waals surface area contributed by atoms with Crippen LogP contribution in [0.4, 0.5) is 16.5 Å². The summed E-state index contributed by atoms with van der Waals surface area (Å²) in [6.45, 7) is 10.1. The maximum atomic E-state index is 8.00. The Morgan fingerprint density at radius 2 is 1.90 bits per heavy atom. The quantitative estimate of drug-likeness (QED) is 0.840. The van der Waals surface area contributed by atoms with E-state index in [2.05, 4.69) is 58.6 Å². The fraction of sp³-hybridized carbons (Fsp3) is 0.333. The molecule has 0 bridgehead atoms. The molecule has 21 heavy (non-hydrogen) atoms. The fourth-order valence-corrected chi connectivity index (χ4v) is 3.12. The van der Waals surface area contributed by atoms with Crippen LogP contribution in [0, 0.1) is 0 Å². The Morgan fingerprint density at radius 1 is 1.29 bits per heavy atom. The molecular formula is C15H21N3OS2. The molecular weight excluding hydrogens is 302 g/mol. The summed E-state index contributed by atoms with van der Waals surface area (Å²) in [7, 11) is 0. The van der Waals surface area contributed by atoms with Crippen LogP contribution >= 0.6 is 24.0 Å². The highest BCUT2D eigenvalue weighted by Crippen LogP contribution is 2.41. The Hall–Kier alpha value is -1.53. The second-order valence-electron chi connectivity index (χ2n) is 3.90. The first-order valence-electron chi connectivity index (χ1n) is 6.84. The predicted molar refractivity (Wildman–Crippen MR) is 94.3 cm³/mol. The molecule has 0 saturated carbocycles. The van der Waals surface area contributed by atoms with Gasteiger partial charge in [0, 0.05) is 11.9 Å². The molecule has 0 spiro atoms. The van der Waals surface area contributed by atoms with Gasteiger partial charge in [-0.05, 0) is 19.1 Å². The number of benzene rings is 1. The largest absolute Gasteiger partial charge is 0.352 e. The molecule has 0 saturated heterocycles. The van der Waals surface area contributed by atoms with Crippen molar-refractivity contribution < 1.29 is 4.79 Å². The van der Waals surface area contributed by atoms with Crippen LogP contribution in [0.1, 0.15) is 20.8 Å². The van der Waals surface area contributed by atoms with Crippen LogP contribution in [-0.4, -0.2) is 25.0 Å². The van der Waals surface area contributed by atoms with Crippen LogP contribution in [0.15, 0.2) is 34.7 Å². The van der Waals surface area contributed by atoms with Crippen LogP contribution in [0.3, 0.4) is 0 Å². The van der Waals surface area contributed by atoms with E-state index in [-0.39, 0.29) is 0 Å². The van der Waals surface area contributed by atoms with Gasteiger partial charge >= 0.3 is 0 Å². The summed E-state index contributed by atoms with van der Waals surface area (Å²) in [6, 6.07) is 8.45. The van der Waals surface area contributed by atoms with E-state index in [1.54, 1.807) is 11.3 Å². The van der Waals surface area contributed by atoms with Gasteiger partial charge in [-0.1, -0.05) is 26.0 Å². The number of rotatable bonds is 2. The molecule has 1 aliphatic rings. The molecule has 1 aliphatic heterocycles. The Morgan fingerprint density at radius 3 is 2.43 bits per heavy atom. The number of anilines is 3. The van der Waals surface area contributed by atoms with Crippen molar-refractivity contribution in [2.24, 2.45) is 0 Å². The van der Waals surface area contributed by atoms with Crippen molar-refractivity contribution in [3.05, 3.63) is 29.6 Å². The van der Waals surface area contributed by atoms with E-state index < -0.39 is 0 Å². The van der Waals surface area contributed by atoms with Gasteiger partial charge in [0.1, 0.15) is 11.8 Å².